The maximum absolute atomic E-state index is 12.5. The van der Waals surface area contributed by atoms with Crippen LogP contribution in [0.3, 0.4) is 0 Å². The molecule has 1 aromatic carbocycles. The van der Waals surface area contributed by atoms with Crippen molar-refractivity contribution in [1.82, 2.24) is 9.80 Å². The van der Waals surface area contributed by atoms with Gasteiger partial charge in [0.1, 0.15) is 5.60 Å². The first-order valence-electron chi connectivity index (χ1n) is 17.2. The van der Waals surface area contributed by atoms with Gasteiger partial charge in [0.05, 0.1) is 0 Å². The van der Waals surface area contributed by atoms with Crippen LogP contribution in [0.5, 0.6) is 0 Å². The van der Waals surface area contributed by atoms with Gasteiger partial charge < -0.3 is 14.5 Å². The number of hydrogen-bond acceptors (Lipinski definition) is 4. The van der Waals surface area contributed by atoms with Crippen molar-refractivity contribution in [3.63, 3.8) is 0 Å². The van der Waals surface area contributed by atoms with Crippen molar-refractivity contribution < 1.29 is 9.53 Å². The Balaban J connectivity index is 0.000000980. The standard InChI is InChI=1S/C24H41N3O2.C9H11Cl.C6H14/c1-11-17(4)21(12-2)22(19(6)25-13-3)20(7)26-14-15-27(18(5)16-26)23(28)29-24(8,9)10;1-2-4-8-5-3-6-9(10)7-8;1-3-5-6-4-2/h12-13,17-18H,3,11,14-16H2,1-2,4-10H3;3,5-7H,2,4H2,1H3;3-6H2,1-2H3/b21-12-,22-20-,25-19?;;. The molecule has 1 saturated heterocycles. The summed E-state index contributed by atoms with van der Waals surface area (Å²) in [7, 11) is 0. The summed E-state index contributed by atoms with van der Waals surface area (Å²) in [6, 6.07) is 8.10. The molecule has 1 amide bonds. The first kappa shape index (κ1) is 42.5. The number of allylic oxidation sites excluding steroid dienone is 4. The first-order chi connectivity index (χ1) is 21.2. The third-order valence-corrected chi connectivity index (χ3v) is 8.10. The minimum Gasteiger partial charge on any atom is -0.444 e. The second-order valence-corrected chi connectivity index (χ2v) is 13.4. The largest absolute Gasteiger partial charge is 0.444 e. The average Bonchev–Trinajstić information content (AvgIpc) is 2.98. The summed E-state index contributed by atoms with van der Waals surface area (Å²) in [6.07, 6.45) is 12.5. The van der Waals surface area contributed by atoms with Crippen molar-refractivity contribution >= 4 is 23.4 Å². The second-order valence-electron chi connectivity index (χ2n) is 13.0. The van der Waals surface area contributed by atoms with Gasteiger partial charge in [-0.1, -0.05) is 103 Å². The van der Waals surface area contributed by atoms with E-state index < -0.39 is 5.60 Å². The molecule has 1 heterocycles. The summed E-state index contributed by atoms with van der Waals surface area (Å²) in [4.78, 5) is 21.3. The lowest BCUT2D eigenvalue weighted by Gasteiger charge is -2.42. The zero-order valence-electron chi connectivity index (χ0n) is 30.9. The number of amides is 1. The molecule has 0 saturated carbocycles. The number of rotatable bonds is 11. The van der Waals surface area contributed by atoms with E-state index in [4.69, 9.17) is 16.3 Å². The summed E-state index contributed by atoms with van der Waals surface area (Å²) < 4.78 is 5.58. The number of halogens is 1. The molecule has 2 rings (SSSR count). The number of hydrogen-bond donors (Lipinski definition) is 0. The molecule has 0 spiro atoms. The molecular weight excluding hydrogens is 578 g/mol. The van der Waals surface area contributed by atoms with Gasteiger partial charge in [0.2, 0.25) is 0 Å². The van der Waals surface area contributed by atoms with Gasteiger partial charge in [-0.3, -0.25) is 4.99 Å². The number of aryl methyl sites for hydroxylation is 1. The fourth-order valence-corrected chi connectivity index (χ4v) is 5.48. The molecule has 0 bridgehead atoms. The smallest absolute Gasteiger partial charge is 0.410 e. The van der Waals surface area contributed by atoms with Crippen molar-refractivity contribution in [3.05, 3.63) is 70.5 Å². The molecule has 0 radical (unpaired) electrons. The summed E-state index contributed by atoms with van der Waals surface area (Å²) in [5.74, 6) is 0.445. The summed E-state index contributed by atoms with van der Waals surface area (Å²) >= 11 is 5.78. The summed E-state index contributed by atoms with van der Waals surface area (Å²) in [5, 5.41) is 0.839. The minimum atomic E-state index is -0.480. The zero-order chi connectivity index (χ0) is 34.6. The van der Waals surface area contributed by atoms with Crippen molar-refractivity contribution in [1.29, 1.82) is 0 Å². The number of carbonyl (C=O) groups excluding carboxylic acids is 1. The van der Waals surface area contributed by atoms with E-state index in [1.807, 2.05) is 50.8 Å². The molecule has 0 aromatic heterocycles. The first-order valence-corrected chi connectivity index (χ1v) is 17.6. The van der Waals surface area contributed by atoms with Crippen molar-refractivity contribution in [2.45, 2.75) is 140 Å². The number of nitrogens with zero attached hydrogens (tertiary/aromatic N) is 3. The Morgan fingerprint density at radius 1 is 1.11 bits per heavy atom. The lowest BCUT2D eigenvalue weighted by atomic mass is 9.87. The van der Waals surface area contributed by atoms with Gasteiger partial charge in [-0.25, -0.2) is 4.79 Å². The normalized spacial score (nSPS) is 16.9. The predicted molar refractivity (Wildman–Crippen MR) is 198 cm³/mol. The van der Waals surface area contributed by atoms with E-state index in [1.54, 1.807) is 6.20 Å². The fourth-order valence-electron chi connectivity index (χ4n) is 5.27. The zero-order valence-corrected chi connectivity index (χ0v) is 31.7. The van der Waals surface area contributed by atoms with Crippen LogP contribution >= 0.6 is 11.6 Å². The van der Waals surface area contributed by atoms with Crippen LogP contribution in [-0.4, -0.2) is 52.9 Å². The van der Waals surface area contributed by atoms with E-state index in [0.29, 0.717) is 12.5 Å². The van der Waals surface area contributed by atoms with Gasteiger partial charge in [-0.2, -0.15) is 0 Å². The van der Waals surface area contributed by atoms with Crippen LogP contribution in [0.1, 0.15) is 127 Å². The molecule has 0 aliphatic carbocycles. The van der Waals surface area contributed by atoms with Crippen LogP contribution in [0.25, 0.3) is 0 Å². The van der Waals surface area contributed by atoms with E-state index in [-0.39, 0.29) is 12.1 Å². The Morgan fingerprint density at radius 2 is 1.73 bits per heavy atom. The van der Waals surface area contributed by atoms with Gasteiger partial charge >= 0.3 is 6.09 Å². The monoisotopic (exact) mass is 643 g/mol. The molecule has 2 unspecified atom stereocenters. The number of carbonyl (C=O) groups is 1. The van der Waals surface area contributed by atoms with Crippen LogP contribution in [0, 0.1) is 5.92 Å². The van der Waals surface area contributed by atoms with E-state index in [1.165, 1.54) is 54.5 Å². The summed E-state index contributed by atoms with van der Waals surface area (Å²) in [5.41, 5.74) is 5.54. The Morgan fingerprint density at radius 3 is 2.18 bits per heavy atom. The van der Waals surface area contributed by atoms with Gasteiger partial charge in [-0.05, 0) is 90.5 Å². The van der Waals surface area contributed by atoms with E-state index >= 15 is 0 Å². The third kappa shape index (κ3) is 16.6. The Kier molecular flexibility index (Phi) is 21.6. The van der Waals surface area contributed by atoms with Crippen molar-refractivity contribution in [2.75, 3.05) is 19.6 Å². The lowest BCUT2D eigenvalue weighted by Crippen LogP contribution is -2.54. The maximum Gasteiger partial charge on any atom is 0.410 e. The van der Waals surface area contributed by atoms with Gasteiger partial charge in [0.25, 0.3) is 0 Å². The quantitative estimate of drug-likeness (QED) is 0.137. The molecule has 1 aliphatic heterocycles. The average molecular weight is 644 g/mol. The highest BCUT2D eigenvalue weighted by atomic mass is 35.5. The number of piperazine rings is 1. The molecule has 0 N–H and O–H groups in total. The molecule has 5 nitrogen and oxygen atoms in total. The van der Waals surface area contributed by atoms with Crippen LogP contribution in [-0.2, 0) is 11.2 Å². The van der Waals surface area contributed by atoms with Gasteiger partial charge in [-0.15, -0.1) is 0 Å². The predicted octanol–water partition coefficient (Wildman–Crippen LogP) is 11.7. The number of benzene rings is 1. The highest BCUT2D eigenvalue weighted by molar-refractivity contribution is 6.30. The van der Waals surface area contributed by atoms with Crippen LogP contribution in [0.2, 0.25) is 5.02 Å². The van der Waals surface area contributed by atoms with Gasteiger partial charge in [0.15, 0.2) is 0 Å². The minimum absolute atomic E-state index is 0.0732. The van der Waals surface area contributed by atoms with Crippen molar-refractivity contribution in [2.24, 2.45) is 10.9 Å². The third-order valence-electron chi connectivity index (χ3n) is 7.87. The molecule has 1 fully saturated rings. The van der Waals surface area contributed by atoms with Crippen LogP contribution < -0.4 is 0 Å². The SMILES string of the molecule is C=CN=C(C)C(/C(=C\C)C(C)CC)=C(\C)N1CCN(C(=O)OC(C)(C)C)C(C)C1.CCCCCC.CCCc1cccc(Cl)c1. The highest BCUT2D eigenvalue weighted by Gasteiger charge is 2.32. The van der Waals surface area contributed by atoms with Crippen LogP contribution in [0.15, 0.2) is 65.0 Å². The Labute approximate surface area is 282 Å². The molecule has 6 heteroatoms. The summed E-state index contributed by atoms with van der Waals surface area (Å²) in [6.45, 7) is 31.2. The number of aliphatic imine (C=N–C) groups is 1. The second kappa shape index (κ2) is 22.9. The highest BCUT2D eigenvalue weighted by Crippen LogP contribution is 2.29. The topological polar surface area (TPSA) is 45.1 Å². The Hall–Kier alpha value is -2.53. The fraction of sp³-hybridized carbons (Fsp3) is 0.641. The van der Waals surface area contributed by atoms with Crippen LogP contribution in [0.4, 0.5) is 4.79 Å². The number of ether oxygens (including phenoxy) is 1. The molecular formula is C39H66ClN3O2. The molecule has 256 valence electrons. The maximum atomic E-state index is 12.5. The van der Waals surface area contributed by atoms with E-state index in [0.717, 1.165) is 36.7 Å². The van der Waals surface area contributed by atoms with Crippen molar-refractivity contribution in [3.8, 4) is 0 Å². The molecule has 1 aliphatic rings. The Bertz CT molecular complexity index is 1100. The van der Waals surface area contributed by atoms with E-state index in [2.05, 4.69) is 84.0 Å². The van der Waals surface area contributed by atoms with E-state index in [9.17, 15) is 4.79 Å². The van der Waals surface area contributed by atoms with Gasteiger partial charge in [0, 0.05) is 53.9 Å². The molecule has 1 aromatic rings. The number of unbranched alkanes of at least 4 members (excludes halogenated alkanes) is 3. The lowest BCUT2D eigenvalue weighted by molar-refractivity contribution is 0.00494. The molecule has 2 atom stereocenters. The molecule has 45 heavy (non-hydrogen) atoms.